The quantitative estimate of drug-likeness (QED) is 0.783. The van der Waals surface area contributed by atoms with Gasteiger partial charge in [0.2, 0.25) is 0 Å². The number of anilines is 1. The highest BCUT2D eigenvalue weighted by molar-refractivity contribution is 9.10. The number of carbonyl (C=O) groups is 1. The third kappa shape index (κ3) is 3.62. The summed E-state index contributed by atoms with van der Waals surface area (Å²) in [4.78, 5) is 25.6. The lowest BCUT2D eigenvalue weighted by Gasteiger charge is -2.34. The number of hydrogen-bond donors (Lipinski definition) is 1. The molecule has 0 aromatic carbocycles. The lowest BCUT2D eigenvalue weighted by molar-refractivity contribution is -0.141. The Labute approximate surface area is 131 Å². The number of ether oxygens (including phenoxy) is 1. The molecule has 1 aromatic rings. The van der Waals surface area contributed by atoms with E-state index in [4.69, 9.17) is 0 Å². The molecular formula is C13H19BrN4O3. The lowest BCUT2D eigenvalue weighted by Crippen LogP contribution is -2.45. The largest absolute Gasteiger partial charge is 0.468 e. The van der Waals surface area contributed by atoms with Crippen molar-refractivity contribution in [1.82, 2.24) is 15.1 Å². The summed E-state index contributed by atoms with van der Waals surface area (Å²) in [5.74, 6) is -0.502. The molecule has 0 spiro atoms. The van der Waals surface area contributed by atoms with Crippen LogP contribution in [0.2, 0.25) is 0 Å². The molecule has 0 bridgehead atoms. The van der Waals surface area contributed by atoms with Gasteiger partial charge in [0.15, 0.2) is 0 Å². The number of rotatable bonds is 4. The normalized spacial score (nSPS) is 18.6. The van der Waals surface area contributed by atoms with Crippen molar-refractivity contribution in [2.45, 2.75) is 25.4 Å². The average Bonchev–Trinajstić information content (AvgIpc) is 2.52. The van der Waals surface area contributed by atoms with Gasteiger partial charge >= 0.3 is 5.97 Å². The van der Waals surface area contributed by atoms with Gasteiger partial charge in [-0.25, -0.2) is 4.68 Å². The number of carbonyl (C=O) groups excluding carboxylic acids is 1. The molecule has 1 saturated heterocycles. The minimum Gasteiger partial charge on any atom is -0.468 e. The summed E-state index contributed by atoms with van der Waals surface area (Å²) in [5, 5.41) is 7.33. The molecule has 0 aliphatic carbocycles. The summed E-state index contributed by atoms with van der Waals surface area (Å²) in [7, 11) is 3.22. The van der Waals surface area contributed by atoms with Crippen LogP contribution in [-0.2, 0) is 16.1 Å². The van der Waals surface area contributed by atoms with Gasteiger partial charge in [0.25, 0.3) is 5.56 Å². The van der Waals surface area contributed by atoms with E-state index in [0.717, 1.165) is 36.3 Å². The number of nitrogens with zero attached hydrogens (tertiary/aromatic N) is 3. The van der Waals surface area contributed by atoms with Crippen molar-refractivity contribution in [2.75, 3.05) is 32.1 Å². The Balaban J connectivity index is 2.24. The van der Waals surface area contributed by atoms with Crippen molar-refractivity contribution in [3.63, 3.8) is 0 Å². The Hall–Kier alpha value is -1.41. The summed E-state index contributed by atoms with van der Waals surface area (Å²) in [6.07, 6.45) is 3.80. The van der Waals surface area contributed by atoms with Crippen LogP contribution in [0.25, 0.3) is 0 Å². The maximum atomic E-state index is 12.2. The molecule has 7 nitrogen and oxygen atoms in total. The fourth-order valence-electron chi connectivity index (χ4n) is 2.41. The number of esters is 1. The van der Waals surface area contributed by atoms with E-state index in [1.54, 1.807) is 6.20 Å². The predicted octanol–water partition coefficient (Wildman–Crippen LogP) is 0.367. The monoisotopic (exact) mass is 358 g/mol. The van der Waals surface area contributed by atoms with Crippen LogP contribution in [0, 0.1) is 0 Å². The summed E-state index contributed by atoms with van der Waals surface area (Å²) >= 11 is 3.33. The molecule has 0 saturated carbocycles. The standard InChI is InChI=1S/C13H19BrN4O3/c1-15-9-4-3-5-17(7-9)10-6-16-18(8-11(19)21-2)13(20)12(10)14/h6,9,15H,3-5,7-8H2,1-2H3. The molecule has 1 aliphatic rings. The van der Waals surface area contributed by atoms with Gasteiger partial charge in [0.05, 0.1) is 19.0 Å². The van der Waals surface area contributed by atoms with Crippen molar-refractivity contribution in [3.05, 3.63) is 21.0 Å². The maximum absolute atomic E-state index is 12.2. The molecular weight excluding hydrogens is 340 g/mol. The first-order valence-electron chi connectivity index (χ1n) is 6.81. The number of methoxy groups -OCH3 is 1. The van der Waals surface area contributed by atoms with Gasteiger partial charge in [-0.2, -0.15) is 5.10 Å². The fourth-order valence-corrected chi connectivity index (χ4v) is 2.97. The Kier molecular flexibility index (Phi) is 5.35. The third-order valence-electron chi connectivity index (χ3n) is 3.64. The first kappa shape index (κ1) is 16.0. The molecule has 1 fully saturated rings. The summed E-state index contributed by atoms with van der Waals surface area (Å²) < 4.78 is 6.08. The Bertz CT molecular complexity index is 575. The second-order valence-corrected chi connectivity index (χ2v) is 5.75. The van der Waals surface area contributed by atoms with Crippen LogP contribution in [0.15, 0.2) is 15.5 Å². The van der Waals surface area contributed by atoms with Crippen LogP contribution in [-0.4, -0.2) is 49.0 Å². The first-order valence-corrected chi connectivity index (χ1v) is 7.60. The highest BCUT2D eigenvalue weighted by atomic mass is 79.9. The molecule has 1 aliphatic heterocycles. The average molecular weight is 359 g/mol. The lowest BCUT2D eigenvalue weighted by atomic mass is 10.1. The molecule has 0 amide bonds. The second-order valence-electron chi connectivity index (χ2n) is 4.96. The molecule has 21 heavy (non-hydrogen) atoms. The van der Waals surface area contributed by atoms with Gasteiger partial charge < -0.3 is 15.0 Å². The highest BCUT2D eigenvalue weighted by Gasteiger charge is 2.22. The molecule has 2 rings (SSSR count). The van der Waals surface area contributed by atoms with Gasteiger partial charge in [0, 0.05) is 19.1 Å². The fraction of sp³-hybridized carbons (Fsp3) is 0.615. The number of aromatic nitrogens is 2. The number of piperidine rings is 1. The van der Waals surface area contributed by atoms with E-state index in [1.807, 2.05) is 7.05 Å². The van der Waals surface area contributed by atoms with Crippen molar-refractivity contribution < 1.29 is 9.53 Å². The van der Waals surface area contributed by atoms with Crippen molar-refractivity contribution in [3.8, 4) is 0 Å². The number of hydrogen-bond acceptors (Lipinski definition) is 6. The summed E-state index contributed by atoms with van der Waals surface area (Å²) in [5.41, 5.74) is 0.436. The molecule has 8 heteroatoms. The zero-order valence-electron chi connectivity index (χ0n) is 12.1. The van der Waals surface area contributed by atoms with E-state index in [2.05, 4.69) is 36.0 Å². The van der Waals surface area contributed by atoms with Gasteiger partial charge in [-0.15, -0.1) is 0 Å². The predicted molar refractivity (Wildman–Crippen MR) is 82.5 cm³/mol. The summed E-state index contributed by atoms with van der Waals surface area (Å²) in [6, 6.07) is 0.406. The van der Waals surface area contributed by atoms with E-state index in [1.165, 1.54) is 7.11 Å². The number of likely N-dealkylation sites (N-methyl/N-ethyl adjacent to an activating group) is 1. The van der Waals surface area contributed by atoms with Crippen molar-refractivity contribution >= 4 is 27.6 Å². The Morgan fingerprint density at radius 1 is 1.62 bits per heavy atom. The van der Waals surface area contributed by atoms with Crippen molar-refractivity contribution in [1.29, 1.82) is 0 Å². The topological polar surface area (TPSA) is 76.5 Å². The van der Waals surface area contributed by atoms with Crippen LogP contribution in [0.4, 0.5) is 5.69 Å². The van der Waals surface area contributed by atoms with E-state index < -0.39 is 5.97 Å². The zero-order chi connectivity index (χ0) is 15.4. The van der Waals surface area contributed by atoms with E-state index >= 15 is 0 Å². The third-order valence-corrected chi connectivity index (χ3v) is 4.39. The van der Waals surface area contributed by atoms with Crippen LogP contribution >= 0.6 is 15.9 Å². The van der Waals surface area contributed by atoms with Gasteiger partial charge in [0.1, 0.15) is 11.0 Å². The van der Waals surface area contributed by atoms with Crippen LogP contribution in [0.3, 0.4) is 0 Å². The minimum atomic E-state index is -0.502. The van der Waals surface area contributed by atoms with Gasteiger partial charge in [-0.3, -0.25) is 9.59 Å². The maximum Gasteiger partial charge on any atom is 0.327 e. The van der Waals surface area contributed by atoms with Crippen LogP contribution < -0.4 is 15.8 Å². The number of halogens is 1. The highest BCUT2D eigenvalue weighted by Crippen LogP contribution is 2.24. The van der Waals surface area contributed by atoms with Crippen LogP contribution in [0.5, 0.6) is 0 Å². The SMILES string of the molecule is CNC1CCCN(c2cnn(CC(=O)OC)c(=O)c2Br)C1. The summed E-state index contributed by atoms with van der Waals surface area (Å²) in [6.45, 7) is 1.53. The van der Waals surface area contributed by atoms with E-state index in [9.17, 15) is 9.59 Å². The molecule has 116 valence electrons. The van der Waals surface area contributed by atoms with Gasteiger partial charge in [-0.1, -0.05) is 0 Å². The van der Waals surface area contributed by atoms with Crippen LogP contribution in [0.1, 0.15) is 12.8 Å². The molecule has 1 atom stereocenters. The molecule has 2 heterocycles. The zero-order valence-corrected chi connectivity index (χ0v) is 13.7. The Morgan fingerprint density at radius 2 is 2.38 bits per heavy atom. The molecule has 1 unspecified atom stereocenters. The van der Waals surface area contributed by atoms with E-state index in [-0.39, 0.29) is 12.1 Å². The minimum absolute atomic E-state index is 0.187. The van der Waals surface area contributed by atoms with Gasteiger partial charge in [-0.05, 0) is 35.8 Å². The smallest absolute Gasteiger partial charge is 0.327 e. The molecule has 0 radical (unpaired) electrons. The molecule has 1 N–H and O–H groups in total. The van der Waals surface area contributed by atoms with Crippen molar-refractivity contribution in [2.24, 2.45) is 0 Å². The molecule has 1 aromatic heterocycles. The van der Waals surface area contributed by atoms with E-state index in [0.29, 0.717) is 10.5 Å². The first-order chi connectivity index (χ1) is 10.1. The second kappa shape index (κ2) is 7.04. The number of nitrogens with one attached hydrogen (secondary N) is 1. The Morgan fingerprint density at radius 3 is 3.05 bits per heavy atom.